The number of carbonyl (C=O) groups is 1. The van der Waals surface area contributed by atoms with Gasteiger partial charge >= 0.3 is 0 Å². The number of hydrogen-bond acceptors (Lipinski definition) is 4. The van der Waals surface area contributed by atoms with Crippen molar-refractivity contribution in [1.29, 1.82) is 0 Å². The second kappa shape index (κ2) is 5.85. The standard InChI is InChI=1S/C12H7Cl2N3O3/c13-8-3-4-15-11(6-8)16-12(18)7-1-2-10(17(19)20)9(14)5-7/h1-6H,(H,15,16,18). The molecule has 1 N–H and O–H groups in total. The molecule has 8 heteroatoms. The summed E-state index contributed by atoms with van der Waals surface area (Å²) in [5.41, 5.74) is -0.0773. The molecule has 20 heavy (non-hydrogen) atoms. The van der Waals surface area contributed by atoms with Gasteiger partial charge in [-0.05, 0) is 24.3 Å². The largest absolute Gasteiger partial charge is 0.307 e. The molecule has 0 aliphatic rings. The van der Waals surface area contributed by atoms with Gasteiger partial charge in [0.15, 0.2) is 0 Å². The zero-order valence-electron chi connectivity index (χ0n) is 9.84. The Kier molecular flexibility index (Phi) is 4.16. The summed E-state index contributed by atoms with van der Waals surface area (Å²) >= 11 is 11.5. The number of benzene rings is 1. The van der Waals surface area contributed by atoms with Crippen molar-refractivity contribution >= 4 is 40.6 Å². The molecule has 0 radical (unpaired) electrons. The van der Waals surface area contributed by atoms with E-state index in [1.807, 2.05) is 0 Å². The van der Waals surface area contributed by atoms with Crippen LogP contribution >= 0.6 is 23.2 Å². The number of anilines is 1. The molecule has 0 aliphatic heterocycles. The number of carbonyl (C=O) groups excluding carboxylic acids is 1. The molecule has 1 amide bonds. The van der Waals surface area contributed by atoms with E-state index in [4.69, 9.17) is 23.2 Å². The van der Waals surface area contributed by atoms with Gasteiger partial charge in [0, 0.05) is 22.8 Å². The molecular weight excluding hydrogens is 305 g/mol. The van der Waals surface area contributed by atoms with Gasteiger partial charge in [-0.1, -0.05) is 23.2 Å². The Balaban J connectivity index is 2.22. The molecule has 0 saturated carbocycles. The SMILES string of the molecule is O=C(Nc1cc(Cl)ccn1)c1ccc([N+](=O)[O-])c(Cl)c1. The number of pyridine rings is 1. The summed E-state index contributed by atoms with van der Waals surface area (Å²) < 4.78 is 0. The van der Waals surface area contributed by atoms with Crippen LogP contribution in [0.25, 0.3) is 0 Å². The third-order valence-corrected chi connectivity index (χ3v) is 2.91. The molecule has 0 unspecified atom stereocenters. The third kappa shape index (κ3) is 3.23. The number of halogens is 2. The molecule has 1 aromatic heterocycles. The van der Waals surface area contributed by atoms with E-state index < -0.39 is 10.8 Å². The second-order valence-electron chi connectivity index (χ2n) is 3.74. The molecule has 1 heterocycles. The summed E-state index contributed by atoms with van der Waals surface area (Å²) in [5, 5.41) is 13.5. The summed E-state index contributed by atoms with van der Waals surface area (Å²) in [5.74, 6) is -0.214. The van der Waals surface area contributed by atoms with Crippen LogP contribution in [0, 0.1) is 10.1 Å². The van der Waals surface area contributed by atoms with Crippen molar-refractivity contribution in [3.05, 3.63) is 62.3 Å². The second-order valence-corrected chi connectivity index (χ2v) is 4.58. The fourth-order valence-corrected chi connectivity index (χ4v) is 1.87. The predicted molar refractivity (Wildman–Crippen MR) is 75.3 cm³/mol. The van der Waals surface area contributed by atoms with E-state index in [1.165, 1.54) is 30.5 Å². The Bertz CT molecular complexity index is 691. The van der Waals surface area contributed by atoms with Crippen molar-refractivity contribution in [2.45, 2.75) is 0 Å². The predicted octanol–water partition coefficient (Wildman–Crippen LogP) is 3.55. The minimum Gasteiger partial charge on any atom is -0.307 e. The van der Waals surface area contributed by atoms with Crippen LogP contribution < -0.4 is 5.32 Å². The van der Waals surface area contributed by atoms with E-state index in [9.17, 15) is 14.9 Å². The van der Waals surface area contributed by atoms with Gasteiger partial charge in [-0.25, -0.2) is 4.98 Å². The Morgan fingerprint density at radius 1 is 1.25 bits per heavy atom. The van der Waals surface area contributed by atoms with Crippen LogP contribution in [-0.4, -0.2) is 15.8 Å². The first-order valence-corrected chi connectivity index (χ1v) is 6.10. The molecular formula is C12H7Cl2N3O3. The first-order chi connectivity index (χ1) is 9.47. The van der Waals surface area contributed by atoms with Gasteiger partial charge in [-0.15, -0.1) is 0 Å². The number of nitro groups is 1. The van der Waals surface area contributed by atoms with Gasteiger partial charge in [-0.3, -0.25) is 14.9 Å². The quantitative estimate of drug-likeness (QED) is 0.693. The summed E-state index contributed by atoms with van der Waals surface area (Å²) in [6, 6.07) is 6.75. The topological polar surface area (TPSA) is 85.1 Å². The van der Waals surface area contributed by atoms with Crippen molar-refractivity contribution in [2.75, 3.05) is 5.32 Å². The van der Waals surface area contributed by atoms with Crippen LogP contribution in [0.1, 0.15) is 10.4 Å². The molecule has 0 fully saturated rings. The van der Waals surface area contributed by atoms with Gasteiger partial charge in [0.1, 0.15) is 10.8 Å². The lowest BCUT2D eigenvalue weighted by Gasteiger charge is -2.05. The lowest BCUT2D eigenvalue weighted by atomic mass is 10.2. The zero-order valence-corrected chi connectivity index (χ0v) is 11.4. The summed E-state index contributed by atoms with van der Waals surface area (Å²) in [6.07, 6.45) is 1.45. The van der Waals surface area contributed by atoms with Crippen molar-refractivity contribution in [3.8, 4) is 0 Å². The molecule has 0 spiro atoms. The fraction of sp³-hybridized carbons (Fsp3) is 0. The van der Waals surface area contributed by atoms with Crippen molar-refractivity contribution < 1.29 is 9.72 Å². The Hall–Kier alpha value is -2.18. The maximum atomic E-state index is 11.9. The summed E-state index contributed by atoms with van der Waals surface area (Å²) in [7, 11) is 0. The molecule has 102 valence electrons. The lowest BCUT2D eigenvalue weighted by molar-refractivity contribution is -0.384. The first kappa shape index (κ1) is 14.2. The number of nitrogens with zero attached hydrogens (tertiary/aromatic N) is 2. The average molecular weight is 312 g/mol. The molecule has 0 aliphatic carbocycles. The van der Waals surface area contributed by atoms with Gasteiger partial charge in [0.25, 0.3) is 11.6 Å². The molecule has 2 rings (SSSR count). The smallest absolute Gasteiger partial charge is 0.287 e. The average Bonchev–Trinajstić information content (AvgIpc) is 2.38. The molecule has 0 saturated heterocycles. The van der Waals surface area contributed by atoms with Gasteiger partial charge < -0.3 is 5.32 Å². The summed E-state index contributed by atoms with van der Waals surface area (Å²) in [6.45, 7) is 0. The Labute approximate surface area is 123 Å². The van der Waals surface area contributed by atoms with Gasteiger partial charge in [-0.2, -0.15) is 0 Å². The van der Waals surface area contributed by atoms with E-state index in [2.05, 4.69) is 10.3 Å². The molecule has 2 aromatic rings. The highest BCUT2D eigenvalue weighted by atomic mass is 35.5. The molecule has 1 aromatic carbocycles. The minimum atomic E-state index is -0.622. The highest BCUT2D eigenvalue weighted by molar-refractivity contribution is 6.33. The number of amides is 1. The highest BCUT2D eigenvalue weighted by Crippen LogP contribution is 2.25. The van der Waals surface area contributed by atoms with Crippen molar-refractivity contribution in [1.82, 2.24) is 4.98 Å². The van der Waals surface area contributed by atoms with Crippen LogP contribution in [0.5, 0.6) is 0 Å². The highest BCUT2D eigenvalue weighted by Gasteiger charge is 2.15. The minimum absolute atomic E-state index is 0.110. The van der Waals surface area contributed by atoms with Crippen LogP contribution in [-0.2, 0) is 0 Å². The first-order valence-electron chi connectivity index (χ1n) is 5.34. The van der Waals surface area contributed by atoms with Crippen LogP contribution in [0.15, 0.2) is 36.5 Å². The zero-order chi connectivity index (χ0) is 14.7. The van der Waals surface area contributed by atoms with E-state index >= 15 is 0 Å². The summed E-state index contributed by atoms with van der Waals surface area (Å²) in [4.78, 5) is 25.9. The number of nitrogens with one attached hydrogen (secondary N) is 1. The van der Waals surface area contributed by atoms with Crippen molar-refractivity contribution in [2.24, 2.45) is 0 Å². The third-order valence-electron chi connectivity index (χ3n) is 2.37. The number of nitro benzene ring substituents is 1. The monoisotopic (exact) mass is 311 g/mol. The molecule has 6 nitrogen and oxygen atoms in total. The van der Waals surface area contributed by atoms with Crippen molar-refractivity contribution in [3.63, 3.8) is 0 Å². The van der Waals surface area contributed by atoms with Crippen LogP contribution in [0.2, 0.25) is 10.0 Å². The number of aromatic nitrogens is 1. The number of hydrogen-bond donors (Lipinski definition) is 1. The van der Waals surface area contributed by atoms with Gasteiger partial charge in [0.2, 0.25) is 0 Å². The fourth-order valence-electron chi connectivity index (χ4n) is 1.46. The molecule has 0 atom stereocenters. The molecule has 0 bridgehead atoms. The van der Waals surface area contributed by atoms with Crippen LogP contribution in [0.4, 0.5) is 11.5 Å². The maximum absolute atomic E-state index is 11.9. The van der Waals surface area contributed by atoms with Gasteiger partial charge in [0.05, 0.1) is 4.92 Å². The van der Waals surface area contributed by atoms with Crippen LogP contribution in [0.3, 0.4) is 0 Å². The Morgan fingerprint density at radius 2 is 2.00 bits per heavy atom. The van der Waals surface area contributed by atoms with E-state index in [0.29, 0.717) is 5.02 Å². The Morgan fingerprint density at radius 3 is 2.60 bits per heavy atom. The van der Waals surface area contributed by atoms with E-state index in [1.54, 1.807) is 6.07 Å². The normalized spacial score (nSPS) is 10.1. The lowest BCUT2D eigenvalue weighted by Crippen LogP contribution is -2.13. The maximum Gasteiger partial charge on any atom is 0.287 e. The van der Waals surface area contributed by atoms with E-state index in [0.717, 1.165) is 0 Å². The van der Waals surface area contributed by atoms with E-state index in [-0.39, 0.29) is 22.1 Å². The number of rotatable bonds is 3.